The Balaban J connectivity index is 1.91. The molecule has 2 nitrogen and oxygen atoms in total. The minimum Gasteiger partial charge on any atom is -0.435 e. The monoisotopic (exact) mass is 255 g/mol. The molecule has 18 heavy (non-hydrogen) atoms. The van der Waals surface area contributed by atoms with E-state index >= 15 is 0 Å². The lowest BCUT2D eigenvalue weighted by Gasteiger charge is -2.23. The molecule has 2 rings (SSSR count). The zero-order valence-corrected chi connectivity index (χ0v) is 10.4. The number of benzene rings is 1. The molecular formula is C14H19F2NO. The number of para-hydroxylation sites is 1. The van der Waals surface area contributed by atoms with Crippen LogP contribution >= 0.6 is 0 Å². The second kappa shape index (κ2) is 6.69. The number of ether oxygens (including phenoxy) is 1. The van der Waals surface area contributed by atoms with Crippen LogP contribution in [-0.2, 0) is 6.42 Å². The van der Waals surface area contributed by atoms with E-state index in [1.165, 1.54) is 19.3 Å². The summed E-state index contributed by atoms with van der Waals surface area (Å²) in [5.74, 6) is 0.309. The first-order valence-electron chi connectivity index (χ1n) is 6.52. The smallest absolute Gasteiger partial charge is 0.387 e. The third kappa shape index (κ3) is 3.95. The van der Waals surface area contributed by atoms with Crippen LogP contribution in [0.25, 0.3) is 0 Å². The van der Waals surface area contributed by atoms with Crippen molar-refractivity contribution in [1.82, 2.24) is 5.32 Å². The quantitative estimate of drug-likeness (QED) is 0.871. The first kappa shape index (κ1) is 13.3. The summed E-state index contributed by atoms with van der Waals surface area (Å²) in [6.07, 6.45) is 5.43. The number of alkyl halides is 2. The minimum absolute atomic E-state index is 0.309. The summed E-state index contributed by atoms with van der Waals surface area (Å²) in [5.41, 5.74) is 0.866. The number of halogens is 2. The predicted molar refractivity (Wildman–Crippen MR) is 67.0 cm³/mol. The van der Waals surface area contributed by atoms with Gasteiger partial charge in [0.25, 0.3) is 0 Å². The standard InChI is InChI=1S/C14H19F2NO/c15-14(16)18-13-7-2-1-5-11(13)8-9-12-6-3-4-10-17-12/h1-2,5,7,12,14,17H,3-4,6,8-10H2. The fraction of sp³-hybridized carbons (Fsp3) is 0.571. The van der Waals surface area contributed by atoms with Gasteiger partial charge in [-0.1, -0.05) is 24.6 Å². The molecule has 0 spiro atoms. The Morgan fingerprint density at radius 3 is 2.83 bits per heavy atom. The SMILES string of the molecule is FC(F)Oc1ccccc1CCC1CCCCN1. The fourth-order valence-electron chi connectivity index (χ4n) is 2.42. The number of rotatable bonds is 5. The molecule has 0 saturated carbocycles. The van der Waals surface area contributed by atoms with Crippen LogP contribution < -0.4 is 10.1 Å². The van der Waals surface area contributed by atoms with Gasteiger partial charge >= 0.3 is 6.61 Å². The van der Waals surface area contributed by atoms with Gasteiger partial charge in [-0.2, -0.15) is 8.78 Å². The average Bonchev–Trinajstić information content (AvgIpc) is 2.38. The molecule has 0 amide bonds. The van der Waals surface area contributed by atoms with Crippen molar-refractivity contribution in [3.8, 4) is 5.75 Å². The average molecular weight is 255 g/mol. The molecule has 1 unspecified atom stereocenters. The van der Waals surface area contributed by atoms with Crippen LogP contribution in [0.5, 0.6) is 5.75 Å². The third-order valence-electron chi connectivity index (χ3n) is 3.36. The van der Waals surface area contributed by atoms with Crippen molar-refractivity contribution < 1.29 is 13.5 Å². The van der Waals surface area contributed by atoms with Crippen molar-refractivity contribution in [2.24, 2.45) is 0 Å². The van der Waals surface area contributed by atoms with Gasteiger partial charge in [0.05, 0.1) is 0 Å². The highest BCUT2D eigenvalue weighted by atomic mass is 19.3. The molecule has 1 saturated heterocycles. The lowest BCUT2D eigenvalue weighted by molar-refractivity contribution is -0.0504. The van der Waals surface area contributed by atoms with Crippen LogP contribution in [0.2, 0.25) is 0 Å². The van der Waals surface area contributed by atoms with Gasteiger partial charge in [0.1, 0.15) is 5.75 Å². The number of hydrogen-bond donors (Lipinski definition) is 1. The fourth-order valence-corrected chi connectivity index (χ4v) is 2.42. The number of aryl methyl sites for hydroxylation is 1. The summed E-state index contributed by atoms with van der Waals surface area (Å²) in [4.78, 5) is 0. The van der Waals surface area contributed by atoms with Crippen LogP contribution in [0.4, 0.5) is 8.78 Å². The number of nitrogens with one attached hydrogen (secondary N) is 1. The van der Waals surface area contributed by atoms with E-state index in [0.717, 1.165) is 24.9 Å². The largest absolute Gasteiger partial charge is 0.435 e. The summed E-state index contributed by atoms with van der Waals surface area (Å²) in [6.45, 7) is -1.68. The van der Waals surface area contributed by atoms with Crippen LogP contribution in [0.1, 0.15) is 31.2 Å². The van der Waals surface area contributed by atoms with Crippen molar-refractivity contribution >= 4 is 0 Å². The van der Waals surface area contributed by atoms with E-state index in [1.807, 2.05) is 12.1 Å². The van der Waals surface area contributed by atoms with Gasteiger partial charge in [-0.3, -0.25) is 0 Å². The van der Waals surface area contributed by atoms with E-state index in [1.54, 1.807) is 12.1 Å². The molecule has 1 aromatic carbocycles. The zero-order valence-electron chi connectivity index (χ0n) is 10.4. The molecule has 1 aromatic rings. The summed E-state index contributed by atoms with van der Waals surface area (Å²) >= 11 is 0. The predicted octanol–water partition coefficient (Wildman–Crippen LogP) is 3.36. The van der Waals surface area contributed by atoms with Crippen LogP contribution in [0, 0.1) is 0 Å². The van der Waals surface area contributed by atoms with Crippen molar-refractivity contribution in [3.63, 3.8) is 0 Å². The normalized spacial score (nSPS) is 20.1. The molecule has 0 bridgehead atoms. The highest BCUT2D eigenvalue weighted by molar-refractivity contribution is 5.33. The maximum Gasteiger partial charge on any atom is 0.387 e. The molecule has 1 aliphatic rings. The van der Waals surface area contributed by atoms with Gasteiger partial charge < -0.3 is 10.1 Å². The van der Waals surface area contributed by atoms with Crippen LogP contribution in [0.3, 0.4) is 0 Å². The topological polar surface area (TPSA) is 21.3 Å². The Labute approximate surface area is 106 Å². The van der Waals surface area contributed by atoms with Gasteiger partial charge in [0.15, 0.2) is 0 Å². The Hall–Kier alpha value is -1.16. The first-order chi connectivity index (χ1) is 8.75. The second-order valence-corrected chi connectivity index (χ2v) is 4.67. The molecule has 0 aromatic heterocycles. The van der Waals surface area contributed by atoms with Gasteiger partial charge in [0.2, 0.25) is 0 Å². The molecular weight excluding hydrogens is 236 g/mol. The Kier molecular flexibility index (Phi) is 4.93. The summed E-state index contributed by atoms with van der Waals surface area (Å²) in [6, 6.07) is 7.57. The van der Waals surface area contributed by atoms with Crippen molar-refractivity contribution in [2.75, 3.05) is 6.54 Å². The first-order valence-corrected chi connectivity index (χ1v) is 6.52. The van der Waals surface area contributed by atoms with Gasteiger partial charge in [-0.25, -0.2) is 0 Å². The summed E-state index contributed by atoms with van der Waals surface area (Å²) in [5, 5.41) is 3.46. The maximum absolute atomic E-state index is 12.3. The van der Waals surface area contributed by atoms with E-state index in [9.17, 15) is 8.78 Å². The van der Waals surface area contributed by atoms with E-state index in [4.69, 9.17) is 0 Å². The van der Waals surface area contributed by atoms with Gasteiger partial charge in [-0.15, -0.1) is 0 Å². The lowest BCUT2D eigenvalue weighted by Crippen LogP contribution is -2.34. The van der Waals surface area contributed by atoms with E-state index in [-0.39, 0.29) is 0 Å². The Bertz CT molecular complexity index is 365. The summed E-state index contributed by atoms with van der Waals surface area (Å²) < 4.78 is 29.1. The Morgan fingerprint density at radius 1 is 1.28 bits per heavy atom. The highest BCUT2D eigenvalue weighted by Crippen LogP contribution is 2.23. The van der Waals surface area contributed by atoms with Crippen molar-refractivity contribution in [3.05, 3.63) is 29.8 Å². The maximum atomic E-state index is 12.3. The number of piperidine rings is 1. The van der Waals surface area contributed by atoms with Crippen molar-refractivity contribution in [2.45, 2.75) is 44.8 Å². The summed E-state index contributed by atoms with van der Waals surface area (Å²) in [7, 11) is 0. The molecule has 1 fully saturated rings. The van der Waals surface area contributed by atoms with Gasteiger partial charge in [0, 0.05) is 6.04 Å². The molecule has 100 valence electrons. The van der Waals surface area contributed by atoms with E-state index < -0.39 is 6.61 Å². The van der Waals surface area contributed by atoms with Gasteiger partial charge in [-0.05, 0) is 43.9 Å². The molecule has 1 aliphatic heterocycles. The highest BCUT2D eigenvalue weighted by Gasteiger charge is 2.14. The third-order valence-corrected chi connectivity index (χ3v) is 3.36. The molecule has 0 radical (unpaired) electrons. The molecule has 1 N–H and O–H groups in total. The molecule has 4 heteroatoms. The van der Waals surface area contributed by atoms with E-state index in [0.29, 0.717) is 11.8 Å². The second-order valence-electron chi connectivity index (χ2n) is 4.67. The molecule has 1 heterocycles. The lowest BCUT2D eigenvalue weighted by atomic mass is 9.97. The Morgan fingerprint density at radius 2 is 2.11 bits per heavy atom. The molecule has 1 atom stereocenters. The zero-order chi connectivity index (χ0) is 12.8. The molecule has 0 aliphatic carbocycles. The number of hydrogen-bond acceptors (Lipinski definition) is 2. The van der Waals surface area contributed by atoms with E-state index in [2.05, 4.69) is 10.1 Å². The van der Waals surface area contributed by atoms with Crippen LogP contribution in [0.15, 0.2) is 24.3 Å². The van der Waals surface area contributed by atoms with Crippen molar-refractivity contribution in [1.29, 1.82) is 0 Å². The minimum atomic E-state index is -2.75. The van der Waals surface area contributed by atoms with Crippen LogP contribution in [-0.4, -0.2) is 19.2 Å².